The lowest BCUT2D eigenvalue weighted by molar-refractivity contribution is 0.370. The van der Waals surface area contributed by atoms with E-state index < -0.39 is 7.12 Å². The minimum Gasteiger partial charge on any atom is -0.427 e. The van der Waals surface area contributed by atoms with Gasteiger partial charge < -0.3 is 10.0 Å². The van der Waals surface area contributed by atoms with E-state index in [1.807, 2.05) is 0 Å². The second-order valence-electron chi connectivity index (χ2n) is 4.50. The van der Waals surface area contributed by atoms with Gasteiger partial charge in [-0.3, -0.25) is 0 Å². The topological polar surface area (TPSA) is 40.5 Å². The Morgan fingerprint density at radius 3 is 2.00 bits per heavy atom. The van der Waals surface area contributed by atoms with Crippen molar-refractivity contribution in [2.24, 2.45) is 5.41 Å². The molecule has 1 unspecified atom stereocenters. The van der Waals surface area contributed by atoms with Gasteiger partial charge in [0.1, 0.15) is 0 Å². The van der Waals surface area contributed by atoms with E-state index in [4.69, 9.17) is 10.0 Å². The largest absolute Gasteiger partial charge is 0.455 e. The average Bonchev–Trinajstić information content (AvgIpc) is 2.77. The van der Waals surface area contributed by atoms with E-state index in [2.05, 4.69) is 0 Å². The fraction of sp³-hybridized carbons (Fsp3) is 1.00. The molecule has 1 spiro atoms. The second-order valence-corrected chi connectivity index (χ2v) is 4.50. The van der Waals surface area contributed by atoms with Crippen molar-refractivity contribution in [1.29, 1.82) is 0 Å². The summed E-state index contributed by atoms with van der Waals surface area (Å²) >= 11 is 0. The molecule has 0 bridgehead atoms. The van der Waals surface area contributed by atoms with Crippen LogP contribution in [0.1, 0.15) is 44.9 Å². The molecule has 68 valence electrons. The van der Waals surface area contributed by atoms with Crippen LogP contribution in [0.2, 0.25) is 5.82 Å². The lowest BCUT2D eigenvalue weighted by Crippen LogP contribution is -2.16. The summed E-state index contributed by atoms with van der Waals surface area (Å²) < 4.78 is 0. The minimum atomic E-state index is -1.05. The van der Waals surface area contributed by atoms with E-state index in [1.54, 1.807) is 0 Å². The molecule has 0 aliphatic heterocycles. The first-order chi connectivity index (χ1) is 5.75. The maximum absolute atomic E-state index is 9.06. The molecule has 2 rings (SSSR count). The van der Waals surface area contributed by atoms with E-state index >= 15 is 0 Å². The Balaban J connectivity index is 1.94. The van der Waals surface area contributed by atoms with Crippen LogP contribution in [0.5, 0.6) is 0 Å². The van der Waals surface area contributed by atoms with Gasteiger partial charge >= 0.3 is 7.12 Å². The highest BCUT2D eigenvalue weighted by Crippen LogP contribution is 2.65. The van der Waals surface area contributed by atoms with Crippen molar-refractivity contribution in [2.45, 2.75) is 50.8 Å². The zero-order chi connectivity index (χ0) is 8.60. The van der Waals surface area contributed by atoms with Gasteiger partial charge in [0.25, 0.3) is 0 Å². The number of rotatable bonds is 1. The van der Waals surface area contributed by atoms with E-state index in [1.165, 1.54) is 38.5 Å². The first-order valence-corrected chi connectivity index (χ1v) is 5.11. The van der Waals surface area contributed by atoms with Gasteiger partial charge in [-0.25, -0.2) is 0 Å². The fourth-order valence-electron chi connectivity index (χ4n) is 2.81. The molecule has 0 radical (unpaired) electrons. The Morgan fingerprint density at radius 1 is 1.00 bits per heavy atom. The molecular weight excluding hydrogens is 151 g/mol. The summed E-state index contributed by atoms with van der Waals surface area (Å²) in [5, 5.41) is 18.1. The van der Waals surface area contributed by atoms with E-state index in [-0.39, 0.29) is 5.82 Å². The van der Waals surface area contributed by atoms with Crippen molar-refractivity contribution in [3.8, 4) is 0 Å². The molecule has 2 saturated carbocycles. The maximum atomic E-state index is 9.06. The van der Waals surface area contributed by atoms with Gasteiger partial charge in [-0.2, -0.15) is 0 Å². The number of hydrogen-bond acceptors (Lipinski definition) is 2. The molecule has 2 aliphatic carbocycles. The number of hydrogen-bond donors (Lipinski definition) is 2. The standard InChI is InChI=1S/C9H17BO2/c11-10(12)8-7-9(8)5-3-1-2-4-6-9/h8,11-12H,1-7H2. The fourth-order valence-corrected chi connectivity index (χ4v) is 2.81. The third kappa shape index (κ3) is 1.40. The molecule has 2 aliphatic rings. The van der Waals surface area contributed by atoms with Crippen LogP contribution >= 0.6 is 0 Å². The summed E-state index contributed by atoms with van der Waals surface area (Å²) in [6, 6.07) is 0. The Kier molecular flexibility index (Phi) is 2.17. The van der Waals surface area contributed by atoms with Crippen molar-refractivity contribution in [2.75, 3.05) is 0 Å². The van der Waals surface area contributed by atoms with Crippen molar-refractivity contribution < 1.29 is 10.0 Å². The van der Waals surface area contributed by atoms with Crippen LogP contribution in [0.15, 0.2) is 0 Å². The lowest BCUT2D eigenvalue weighted by atomic mass is 9.75. The Morgan fingerprint density at radius 2 is 1.58 bits per heavy atom. The molecule has 0 aromatic carbocycles. The molecule has 0 aromatic heterocycles. The molecule has 2 nitrogen and oxygen atoms in total. The first-order valence-electron chi connectivity index (χ1n) is 5.11. The van der Waals surface area contributed by atoms with Gasteiger partial charge in [0.05, 0.1) is 0 Å². The van der Waals surface area contributed by atoms with Crippen molar-refractivity contribution >= 4 is 7.12 Å². The average molecular weight is 168 g/mol. The molecule has 0 saturated heterocycles. The summed E-state index contributed by atoms with van der Waals surface area (Å²) in [7, 11) is -1.05. The normalized spacial score (nSPS) is 33.0. The van der Waals surface area contributed by atoms with Gasteiger partial charge in [0.2, 0.25) is 0 Å². The maximum Gasteiger partial charge on any atom is 0.455 e. The predicted molar refractivity (Wildman–Crippen MR) is 48.7 cm³/mol. The van der Waals surface area contributed by atoms with Crippen LogP contribution in [0.25, 0.3) is 0 Å². The summed E-state index contributed by atoms with van der Waals surface area (Å²) in [6.07, 6.45) is 8.80. The highest BCUT2D eigenvalue weighted by Gasteiger charge is 2.58. The van der Waals surface area contributed by atoms with Crippen LogP contribution in [0.3, 0.4) is 0 Å². The molecule has 1 atom stereocenters. The van der Waals surface area contributed by atoms with Crippen LogP contribution in [-0.2, 0) is 0 Å². The molecular formula is C9H17BO2. The summed E-state index contributed by atoms with van der Waals surface area (Å²) in [5.74, 6) is 0.204. The van der Waals surface area contributed by atoms with Crippen LogP contribution in [0, 0.1) is 5.41 Å². The van der Waals surface area contributed by atoms with Crippen LogP contribution < -0.4 is 0 Å². The smallest absolute Gasteiger partial charge is 0.427 e. The second kappa shape index (κ2) is 3.04. The van der Waals surface area contributed by atoms with Crippen molar-refractivity contribution in [1.82, 2.24) is 0 Å². The van der Waals surface area contributed by atoms with Gasteiger partial charge in [-0.1, -0.05) is 25.7 Å². The molecule has 2 fully saturated rings. The predicted octanol–water partition coefficient (Wildman–Crippen LogP) is 1.57. The zero-order valence-corrected chi connectivity index (χ0v) is 7.50. The lowest BCUT2D eigenvalue weighted by Gasteiger charge is -2.12. The van der Waals surface area contributed by atoms with E-state index in [0.717, 1.165) is 6.42 Å². The molecule has 0 heterocycles. The minimum absolute atomic E-state index is 0.204. The quantitative estimate of drug-likeness (QED) is 0.583. The van der Waals surface area contributed by atoms with Crippen LogP contribution in [-0.4, -0.2) is 17.2 Å². The summed E-state index contributed by atoms with van der Waals surface area (Å²) in [4.78, 5) is 0. The third-order valence-corrected chi connectivity index (χ3v) is 3.71. The van der Waals surface area contributed by atoms with Gasteiger partial charge in [0, 0.05) is 0 Å². The summed E-state index contributed by atoms with van der Waals surface area (Å²) in [5.41, 5.74) is 0.352. The van der Waals surface area contributed by atoms with Gasteiger partial charge in [-0.05, 0) is 30.5 Å². The Bertz CT molecular complexity index is 162. The summed E-state index contributed by atoms with van der Waals surface area (Å²) in [6.45, 7) is 0. The van der Waals surface area contributed by atoms with Gasteiger partial charge in [0.15, 0.2) is 0 Å². The van der Waals surface area contributed by atoms with Crippen molar-refractivity contribution in [3.05, 3.63) is 0 Å². The molecule has 3 heteroatoms. The van der Waals surface area contributed by atoms with E-state index in [0.29, 0.717) is 5.41 Å². The Hall–Kier alpha value is -0.0151. The molecule has 0 amide bonds. The highest BCUT2D eigenvalue weighted by molar-refractivity contribution is 6.44. The molecule has 0 aromatic rings. The highest BCUT2D eigenvalue weighted by atomic mass is 16.4. The van der Waals surface area contributed by atoms with E-state index in [9.17, 15) is 0 Å². The third-order valence-electron chi connectivity index (χ3n) is 3.71. The van der Waals surface area contributed by atoms with Gasteiger partial charge in [-0.15, -0.1) is 0 Å². The first kappa shape index (κ1) is 8.58. The van der Waals surface area contributed by atoms with Crippen molar-refractivity contribution in [3.63, 3.8) is 0 Å². The molecule has 12 heavy (non-hydrogen) atoms. The SMILES string of the molecule is OB(O)C1CC12CCCCCC2. The Labute approximate surface area is 74.1 Å². The monoisotopic (exact) mass is 168 g/mol. The molecule has 2 N–H and O–H groups in total. The zero-order valence-electron chi connectivity index (χ0n) is 7.50. The van der Waals surface area contributed by atoms with Crippen LogP contribution in [0.4, 0.5) is 0 Å².